The van der Waals surface area contributed by atoms with Crippen molar-refractivity contribution in [1.29, 1.82) is 0 Å². The van der Waals surface area contributed by atoms with E-state index in [1.54, 1.807) is 6.07 Å². The number of nitrogens with zero attached hydrogens (tertiary/aromatic N) is 2. The van der Waals surface area contributed by atoms with Gasteiger partial charge in [-0.05, 0) is 68.0 Å². The van der Waals surface area contributed by atoms with Crippen LogP contribution in [0.25, 0.3) is 11.1 Å². The highest BCUT2D eigenvalue weighted by Crippen LogP contribution is 2.41. The van der Waals surface area contributed by atoms with Crippen molar-refractivity contribution in [1.82, 2.24) is 9.88 Å². The molecule has 38 heavy (non-hydrogen) atoms. The first-order chi connectivity index (χ1) is 17.9. The van der Waals surface area contributed by atoms with Gasteiger partial charge in [0, 0.05) is 43.1 Å². The summed E-state index contributed by atoms with van der Waals surface area (Å²) >= 11 is 0. The number of halogens is 1. The quantitative estimate of drug-likeness (QED) is 0.246. The fourth-order valence-electron chi connectivity index (χ4n) is 4.72. The van der Waals surface area contributed by atoms with E-state index >= 15 is 0 Å². The Bertz CT molecular complexity index is 1270. The second-order valence-corrected chi connectivity index (χ2v) is 13.0. The Morgan fingerprint density at radius 3 is 2.37 bits per heavy atom. The Morgan fingerprint density at radius 1 is 1.03 bits per heavy atom. The van der Waals surface area contributed by atoms with E-state index in [0.717, 1.165) is 22.3 Å². The second kappa shape index (κ2) is 12.9. The first-order valence-electron chi connectivity index (χ1n) is 13.0. The Morgan fingerprint density at radius 2 is 1.74 bits per heavy atom. The van der Waals surface area contributed by atoms with E-state index in [1.807, 2.05) is 43.3 Å². The highest BCUT2D eigenvalue weighted by Gasteiger charge is 2.20. The highest BCUT2D eigenvalue weighted by molar-refractivity contribution is 7.57. The molecule has 1 N–H and O–H groups in total. The normalized spacial score (nSPS) is 14.1. The summed E-state index contributed by atoms with van der Waals surface area (Å²) in [6.45, 7) is 12.9. The van der Waals surface area contributed by atoms with E-state index in [1.165, 1.54) is 20.0 Å². The molecule has 3 aromatic rings. The molecule has 6 nitrogen and oxygen atoms in total. The zero-order valence-electron chi connectivity index (χ0n) is 23.4. The van der Waals surface area contributed by atoms with E-state index < -0.39 is 13.2 Å². The molecule has 0 aliphatic heterocycles. The number of benzene rings is 2. The summed E-state index contributed by atoms with van der Waals surface area (Å²) in [4.78, 5) is 16.1. The van der Waals surface area contributed by atoms with E-state index in [-0.39, 0.29) is 12.1 Å². The molecule has 0 amide bonds. The molecule has 206 valence electrons. The molecule has 1 heterocycles. The molecule has 3 rings (SSSR count). The number of aromatic nitrogens is 1. The van der Waals surface area contributed by atoms with E-state index in [2.05, 4.69) is 43.6 Å². The van der Waals surface area contributed by atoms with Gasteiger partial charge in [0.05, 0.1) is 13.3 Å². The number of methoxy groups -OCH3 is 1. The lowest BCUT2D eigenvalue weighted by Gasteiger charge is -2.31. The van der Waals surface area contributed by atoms with E-state index in [4.69, 9.17) is 9.47 Å². The third-order valence-electron chi connectivity index (χ3n) is 6.62. The molecule has 0 fully saturated rings. The fraction of sp³-hybridized carbons (Fsp3) is 0.433. The lowest BCUT2D eigenvalue weighted by molar-refractivity contribution is 0.166. The van der Waals surface area contributed by atoms with Crippen LogP contribution in [0.1, 0.15) is 57.2 Å². The molecule has 0 aliphatic rings. The molecule has 2 atom stereocenters. The smallest absolute Gasteiger partial charge is 0.213 e. The Hall–Kier alpha value is -2.73. The summed E-state index contributed by atoms with van der Waals surface area (Å²) in [6, 6.07) is 15.9. The zero-order chi connectivity index (χ0) is 28.0. The molecule has 0 spiro atoms. The number of pyridine rings is 1. The first-order valence-corrected chi connectivity index (χ1v) is 15.3. The van der Waals surface area contributed by atoms with Crippen LogP contribution in [-0.2, 0) is 17.7 Å². The monoisotopic (exact) mass is 542 g/mol. The van der Waals surface area contributed by atoms with Gasteiger partial charge in [-0.2, -0.15) is 0 Å². The summed E-state index contributed by atoms with van der Waals surface area (Å²) in [6.07, 6.45) is 1.42. The van der Waals surface area contributed by atoms with Gasteiger partial charge in [-0.1, -0.05) is 37.3 Å². The van der Waals surface area contributed by atoms with Crippen LogP contribution in [0.2, 0.25) is 0 Å². The minimum absolute atomic E-state index is 0.0597. The summed E-state index contributed by atoms with van der Waals surface area (Å²) in [5.41, 5.74) is 4.16. The van der Waals surface area contributed by atoms with Crippen molar-refractivity contribution in [2.75, 3.05) is 19.9 Å². The topological polar surface area (TPSA) is 71.9 Å². The lowest BCUT2D eigenvalue weighted by atomic mass is 9.96. The molecular formula is C30H40FN2O4P. The summed E-state index contributed by atoms with van der Waals surface area (Å²) in [7, 11) is -1.60. The molecule has 0 aliphatic carbocycles. The molecule has 0 bridgehead atoms. The van der Waals surface area contributed by atoms with Crippen molar-refractivity contribution in [2.45, 2.75) is 65.8 Å². The fourth-order valence-corrected chi connectivity index (χ4v) is 5.94. The van der Waals surface area contributed by atoms with Crippen molar-refractivity contribution in [3.8, 4) is 22.8 Å². The van der Waals surface area contributed by atoms with Crippen LogP contribution < -0.4 is 9.47 Å². The van der Waals surface area contributed by atoms with Crippen molar-refractivity contribution in [2.24, 2.45) is 0 Å². The van der Waals surface area contributed by atoms with Crippen LogP contribution in [0.3, 0.4) is 0 Å². The van der Waals surface area contributed by atoms with Crippen LogP contribution in [0.5, 0.6) is 11.6 Å². The van der Waals surface area contributed by atoms with Crippen LogP contribution in [-0.4, -0.2) is 46.8 Å². The van der Waals surface area contributed by atoms with Gasteiger partial charge in [-0.25, -0.2) is 9.37 Å². The largest absolute Gasteiger partial charge is 0.489 e. The summed E-state index contributed by atoms with van der Waals surface area (Å²) < 4.78 is 38.2. The van der Waals surface area contributed by atoms with Crippen LogP contribution in [0, 0.1) is 5.82 Å². The van der Waals surface area contributed by atoms with Crippen molar-refractivity contribution < 1.29 is 23.3 Å². The first kappa shape index (κ1) is 29.8. The Balaban J connectivity index is 1.91. The van der Waals surface area contributed by atoms with Crippen LogP contribution >= 0.6 is 7.37 Å². The minimum Gasteiger partial charge on any atom is -0.489 e. The predicted octanol–water partition coefficient (Wildman–Crippen LogP) is 7.10. The number of hydrogen-bond donors (Lipinski definition) is 1. The minimum atomic E-state index is -3.12. The SMILES string of the molecule is COc1cc(-c2ccc(COc3cccc([C@H](C)CP(C)(=O)O)c3)cc2CN(C(C)C)C(C)C)c(F)cn1. The average molecular weight is 543 g/mol. The molecule has 8 heteroatoms. The van der Waals surface area contributed by atoms with Gasteiger partial charge < -0.3 is 14.4 Å². The number of ether oxygens (including phenoxy) is 2. The van der Waals surface area contributed by atoms with E-state index in [0.29, 0.717) is 42.4 Å². The molecule has 1 aromatic heterocycles. The summed E-state index contributed by atoms with van der Waals surface area (Å²) in [5, 5.41) is 0. The number of hydrogen-bond acceptors (Lipinski definition) is 5. The van der Waals surface area contributed by atoms with Crippen LogP contribution in [0.15, 0.2) is 54.7 Å². The molecule has 0 saturated carbocycles. The standard InChI is InChI=1S/C30H40FN2O4P/c1-20(2)33(21(3)4)17-25-13-23(11-12-27(25)28-15-30(36-6)32-16-29(28)31)18-37-26-10-8-9-24(14-26)22(5)19-38(7,34)35/h8-16,20-22H,17-19H2,1-7H3,(H,34,35)/t22-/m1/s1. The highest BCUT2D eigenvalue weighted by atomic mass is 31.2. The maximum Gasteiger partial charge on any atom is 0.213 e. The van der Waals surface area contributed by atoms with Gasteiger partial charge in [0.25, 0.3) is 0 Å². The van der Waals surface area contributed by atoms with E-state index in [9.17, 15) is 13.8 Å². The van der Waals surface area contributed by atoms with Gasteiger partial charge in [0.1, 0.15) is 18.2 Å². The maximum atomic E-state index is 14.9. The zero-order valence-corrected chi connectivity index (χ0v) is 24.3. The maximum absolute atomic E-state index is 14.9. The molecule has 1 unspecified atom stereocenters. The van der Waals surface area contributed by atoms with Gasteiger partial charge in [-0.15, -0.1) is 0 Å². The Kier molecular flexibility index (Phi) is 10.1. The Labute approximate surface area is 226 Å². The van der Waals surface area contributed by atoms with Crippen molar-refractivity contribution in [3.05, 3.63) is 77.2 Å². The van der Waals surface area contributed by atoms with Gasteiger partial charge in [-0.3, -0.25) is 9.46 Å². The van der Waals surface area contributed by atoms with Gasteiger partial charge >= 0.3 is 0 Å². The molecular weight excluding hydrogens is 502 g/mol. The van der Waals surface area contributed by atoms with Crippen molar-refractivity contribution in [3.63, 3.8) is 0 Å². The average Bonchev–Trinajstić information content (AvgIpc) is 2.85. The molecule has 0 radical (unpaired) electrons. The number of rotatable bonds is 12. The van der Waals surface area contributed by atoms with Crippen LogP contribution in [0.4, 0.5) is 4.39 Å². The third kappa shape index (κ3) is 8.13. The van der Waals surface area contributed by atoms with Gasteiger partial charge in [0.2, 0.25) is 5.88 Å². The predicted molar refractivity (Wildman–Crippen MR) is 152 cm³/mol. The molecule has 2 aromatic carbocycles. The second-order valence-electron chi connectivity index (χ2n) is 10.6. The van der Waals surface area contributed by atoms with Gasteiger partial charge in [0.15, 0.2) is 7.37 Å². The third-order valence-corrected chi connectivity index (χ3v) is 7.85. The van der Waals surface area contributed by atoms with Crippen molar-refractivity contribution >= 4 is 7.37 Å². The lowest BCUT2D eigenvalue weighted by Crippen LogP contribution is -2.36. The molecule has 0 saturated heterocycles. The summed E-state index contributed by atoms with van der Waals surface area (Å²) in [5.74, 6) is 0.594.